The van der Waals surface area contributed by atoms with Crippen molar-refractivity contribution in [3.8, 4) is 0 Å². The molecule has 6 nitrogen and oxygen atoms in total. The van der Waals surface area contributed by atoms with Crippen LogP contribution in [0.4, 0.5) is 5.69 Å². The first-order valence-electron chi connectivity index (χ1n) is 9.08. The molecule has 7 heteroatoms. The predicted molar refractivity (Wildman–Crippen MR) is 104 cm³/mol. The minimum absolute atomic E-state index is 0.503. The van der Waals surface area contributed by atoms with Crippen LogP contribution >= 0.6 is 11.6 Å². The summed E-state index contributed by atoms with van der Waals surface area (Å²) in [5, 5.41) is 11.6. The summed E-state index contributed by atoms with van der Waals surface area (Å²) >= 11 is 5.98. The van der Waals surface area contributed by atoms with Gasteiger partial charge in [-0.15, -0.1) is 0 Å². The molecule has 3 rings (SSSR count). The number of hydrogen-bond acceptors (Lipinski definition) is 5. The molecule has 1 aliphatic rings. The maximum atomic E-state index is 12.2. The summed E-state index contributed by atoms with van der Waals surface area (Å²) in [6.45, 7) is 0. The highest BCUT2D eigenvalue weighted by atomic mass is 35.5. The summed E-state index contributed by atoms with van der Waals surface area (Å²) in [4.78, 5) is 16.5. The monoisotopic (exact) mass is 376 g/mol. The maximum absolute atomic E-state index is 12.2. The van der Waals surface area contributed by atoms with Crippen LogP contribution in [-0.4, -0.2) is 28.1 Å². The minimum Gasteiger partial charge on any atom is -0.382 e. The summed E-state index contributed by atoms with van der Waals surface area (Å²) < 4.78 is 0. The third kappa shape index (κ3) is 4.63. The zero-order chi connectivity index (χ0) is 18.5. The molecule has 1 amide bonds. The second-order valence-corrected chi connectivity index (χ2v) is 7.42. The first-order valence-corrected chi connectivity index (χ1v) is 9.46. The number of hydrogen-bond donors (Lipinski definition) is 4. The van der Waals surface area contributed by atoms with Gasteiger partial charge >= 0.3 is 0 Å². The number of amides is 1. The van der Waals surface area contributed by atoms with E-state index in [-0.39, 0.29) is 0 Å². The lowest BCUT2D eigenvalue weighted by Gasteiger charge is -2.26. The van der Waals surface area contributed by atoms with E-state index in [1.165, 1.54) is 19.3 Å². The summed E-state index contributed by atoms with van der Waals surface area (Å²) in [6.07, 6.45) is 7.00. The molecule has 1 saturated carbocycles. The second-order valence-electron chi connectivity index (χ2n) is 6.98. The molecule has 0 aliphatic heterocycles. The maximum Gasteiger partial charge on any atom is 0.268 e. The molecule has 0 radical (unpaired) electrons. The van der Waals surface area contributed by atoms with Gasteiger partial charge in [-0.25, -0.2) is 0 Å². The Bertz CT molecular complexity index is 764. The summed E-state index contributed by atoms with van der Waals surface area (Å²) in [6, 6.07) is 6.51. The standard InChI is InChI=1S/C19H25ClN4O2/c20-13-6-7-14-16(8-9-22-17(14)11-13)23-24-19(26)18(25)15(21)10-12-4-2-1-3-5-12/h6-9,11-12,15,18,25H,1-5,10,21H2,(H,22,23)(H,24,26). The molecule has 1 fully saturated rings. The van der Waals surface area contributed by atoms with Gasteiger partial charge in [-0.05, 0) is 36.6 Å². The smallest absolute Gasteiger partial charge is 0.268 e. The number of nitrogens with one attached hydrogen (secondary N) is 2. The Balaban J connectivity index is 1.57. The highest BCUT2D eigenvalue weighted by molar-refractivity contribution is 6.31. The van der Waals surface area contributed by atoms with Crippen LogP contribution in [0.5, 0.6) is 0 Å². The molecule has 0 bridgehead atoms. The van der Waals surface area contributed by atoms with E-state index >= 15 is 0 Å². The van der Waals surface area contributed by atoms with Gasteiger partial charge < -0.3 is 10.8 Å². The van der Waals surface area contributed by atoms with Gasteiger partial charge in [-0.1, -0.05) is 43.7 Å². The number of aromatic nitrogens is 1. The van der Waals surface area contributed by atoms with Crippen LogP contribution < -0.4 is 16.6 Å². The number of hydrazine groups is 1. The van der Waals surface area contributed by atoms with Crippen molar-refractivity contribution in [1.82, 2.24) is 10.4 Å². The van der Waals surface area contributed by atoms with E-state index in [9.17, 15) is 9.90 Å². The Morgan fingerprint density at radius 3 is 2.85 bits per heavy atom. The topological polar surface area (TPSA) is 100 Å². The molecule has 5 N–H and O–H groups in total. The van der Waals surface area contributed by atoms with Gasteiger partial charge in [0.2, 0.25) is 0 Å². The lowest BCUT2D eigenvalue weighted by Crippen LogP contribution is -2.48. The molecule has 0 spiro atoms. The van der Waals surface area contributed by atoms with E-state index in [1.807, 2.05) is 6.07 Å². The number of rotatable bonds is 6. The highest BCUT2D eigenvalue weighted by Gasteiger charge is 2.26. The largest absolute Gasteiger partial charge is 0.382 e. The Hall–Kier alpha value is -1.89. The SMILES string of the molecule is NC(CC1CCCCC1)C(O)C(=O)NNc1ccnc2cc(Cl)ccc12. The van der Waals surface area contributed by atoms with Crippen LogP contribution in [0.25, 0.3) is 10.9 Å². The quantitative estimate of drug-likeness (QED) is 0.581. The van der Waals surface area contributed by atoms with Crippen molar-refractivity contribution in [2.45, 2.75) is 50.7 Å². The van der Waals surface area contributed by atoms with Gasteiger partial charge in [0.05, 0.1) is 11.2 Å². The number of carbonyl (C=O) groups excluding carboxylic acids is 1. The van der Waals surface area contributed by atoms with Crippen molar-refractivity contribution in [2.75, 3.05) is 5.43 Å². The molecule has 2 aromatic rings. The average Bonchev–Trinajstić information content (AvgIpc) is 2.65. The fourth-order valence-corrected chi connectivity index (χ4v) is 3.73. The first-order chi connectivity index (χ1) is 12.5. The van der Waals surface area contributed by atoms with Gasteiger partial charge in [0.15, 0.2) is 0 Å². The Morgan fingerprint density at radius 1 is 1.31 bits per heavy atom. The molecule has 140 valence electrons. The van der Waals surface area contributed by atoms with Gasteiger partial charge in [0.25, 0.3) is 5.91 Å². The fourth-order valence-electron chi connectivity index (χ4n) is 3.56. The number of aliphatic hydroxyl groups excluding tert-OH is 1. The molecule has 1 heterocycles. The summed E-state index contributed by atoms with van der Waals surface area (Å²) in [5.74, 6) is -0.0321. The molecule has 26 heavy (non-hydrogen) atoms. The number of benzene rings is 1. The van der Waals surface area contributed by atoms with Crippen molar-refractivity contribution < 1.29 is 9.90 Å². The van der Waals surface area contributed by atoms with Crippen LogP contribution in [0.3, 0.4) is 0 Å². The Kier molecular flexibility index (Phi) is 6.29. The van der Waals surface area contributed by atoms with E-state index in [1.54, 1.807) is 24.4 Å². The van der Waals surface area contributed by atoms with E-state index in [0.29, 0.717) is 28.6 Å². The van der Waals surface area contributed by atoms with Crippen LogP contribution in [0.15, 0.2) is 30.5 Å². The van der Waals surface area contributed by atoms with Gasteiger partial charge in [0, 0.05) is 22.6 Å². The molecule has 2 unspecified atom stereocenters. The lowest BCUT2D eigenvalue weighted by atomic mass is 9.84. The Morgan fingerprint density at radius 2 is 2.08 bits per heavy atom. The third-order valence-corrected chi connectivity index (χ3v) is 5.26. The third-order valence-electron chi connectivity index (χ3n) is 5.03. The molecule has 2 atom stereocenters. The number of anilines is 1. The lowest BCUT2D eigenvalue weighted by molar-refractivity contribution is -0.130. The van der Waals surface area contributed by atoms with E-state index < -0.39 is 18.1 Å². The predicted octanol–water partition coefficient (Wildman–Crippen LogP) is 2.99. The Labute approximate surface area is 158 Å². The molecular weight excluding hydrogens is 352 g/mol. The van der Waals surface area contributed by atoms with Crippen LogP contribution in [0.2, 0.25) is 5.02 Å². The van der Waals surface area contributed by atoms with Crippen LogP contribution in [0, 0.1) is 5.92 Å². The van der Waals surface area contributed by atoms with Gasteiger partial charge in [-0.3, -0.25) is 20.6 Å². The van der Waals surface area contributed by atoms with E-state index in [0.717, 1.165) is 18.2 Å². The zero-order valence-corrected chi connectivity index (χ0v) is 15.4. The van der Waals surface area contributed by atoms with Crippen molar-refractivity contribution in [3.05, 3.63) is 35.5 Å². The number of fused-ring (bicyclic) bond motifs is 1. The van der Waals surface area contributed by atoms with Crippen molar-refractivity contribution in [1.29, 1.82) is 0 Å². The highest BCUT2D eigenvalue weighted by Crippen LogP contribution is 2.27. The van der Waals surface area contributed by atoms with Crippen molar-refractivity contribution >= 4 is 34.1 Å². The van der Waals surface area contributed by atoms with Crippen molar-refractivity contribution in [2.24, 2.45) is 11.7 Å². The van der Waals surface area contributed by atoms with Crippen LogP contribution in [0.1, 0.15) is 38.5 Å². The number of nitrogens with zero attached hydrogens (tertiary/aromatic N) is 1. The summed E-state index contributed by atoms with van der Waals surface area (Å²) in [5.41, 5.74) is 12.8. The van der Waals surface area contributed by atoms with E-state index in [2.05, 4.69) is 15.8 Å². The molecule has 1 aliphatic carbocycles. The molecule has 1 aromatic heterocycles. The number of halogens is 1. The van der Waals surface area contributed by atoms with E-state index in [4.69, 9.17) is 17.3 Å². The molecular formula is C19H25ClN4O2. The van der Waals surface area contributed by atoms with Gasteiger partial charge in [-0.2, -0.15) is 0 Å². The minimum atomic E-state index is -1.24. The van der Waals surface area contributed by atoms with Crippen molar-refractivity contribution in [3.63, 3.8) is 0 Å². The number of pyridine rings is 1. The number of aliphatic hydroxyl groups is 1. The zero-order valence-electron chi connectivity index (χ0n) is 14.6. The fraction of sp³-hybridized carbons (Fsp3) is 0.474. The summed E-state index contributed by atoms with van der Waals surface area (Å²) in [7, 11) is 0. The first kappa shape index (κ1) is 18.9. The average molecular weight is 377 g/mol. The van der Waals surface area contributed by atoms with Crippen LogP contribution in [-0.2, 0) is 4.79 Å². The molecule has 0 saturated heterocycles. The molecule has 1 aromatic carbocycles. The number of carbonyl (C=O) groups is 1. The number of nitrogens with two attached hydrogens (primary N) is 1. The normalized spacial score (nSPS) is 17.7. The second kappa shape index (κ2) is 8.66. The van der Waals surface area contributed by atoms with Gasteiger partial charge in [0.1, 0.15) is 6.10 Å².